The number of benzene rings is 1. The maximum atomic E-state index is 5.66. The Morgan fingerprint density at radius 2 is 2.35 bits per heavy atom. The molecule has 0 aromatic heterocycles. The molecular weight excluding hydrogens is 212 g/mol. The van der Waals surface area contributed by atoms with E-state index in [1.54, 1.807) is 0 Å². The molecule has 0 aliphatic carbocycles. The fraction of sp³-hybridized carbons (Fsp3) is 0.429. The first-order valence-electron chi connectivity index (χ1n) is 5.98. The van der Waals surface area contributed by atoms with Crippen LogP contribution in [0.25, 0.3) is 0 Å². The van der Waals surface area contributed by atoms with E-state index in [1.165, 1.54) is 5.56 Å². The first-order valence-corrected chi connectivity index (χ1v) is 5.98. The number of nitrogens with one attached hydrogen (secondary N) is 1. The third kappa shape index (κ3) is 2.60. The molecule has 0 spiro atoms. The fourth-order valence-electron chi connectivity index (χ4n) is 2.35. The summed E-state index contributed by atoms with van der Waals surface area (Å²) in [5.41, 5.74) is 4.14. The Morgan fingerprint density at radius 1 is 1.53 bits per heavy atom. The second kappa shape index (κ2) is 5.72. The standard InChI is InChI=1S/C14H18N2O/c1-2-3-4-8-13(16-15)12-10-17-14-9-6-5-7-11(12)14/h1,5-7,9,12-13,16H,3-4,8,10,15H2. The topological polar surface area (TPSA) is 47.3 Å². The van der Waals surface area contributed by atoms with E-state index in [0.717, 1.165) is 25.0 Å². The van der Waals surface area contributed by atoms with Crippen LogP contribution < -0.4 is 16.0 Å². The number of terminal acetylenes is 1. The average molecular weight is 230 g/mol. The quantitative estimate of drug-likeness (QED) is 0.351. The van der Waals surface area contributed by atoms with E-state index in [9.17, 15) is 0 Å². The molecule has 0 amide bonds. The van der Waals surface area contributed by atoms with Crippen LogP contribution in [0, 0.1) is 12.3 Å². The molecule has 3 N–H and O–H groups in total. The maximum absolute atomic E-state index is 5.66. The lowest BCUT2D eigenvalue weighted by atomic mass is 9.90. The largest absolute Gasteiger partial charge is 0.493 e. The van der Waals surface area contributed by atoms with Crippen molar-refractivity contribution in [3.63, 3.8) is 0 Å². The lowest BCUT2D eigenvalue weighted by Crippen LogP contribution is -2.40. The SMILES string of the molecule is C#CCCCC(NN)C1COc2ccccc21. The molecule has 2 atom stereocenters. The van der Waals surface area contributed by atoms with Crippen LogP contribution in [0.4, 0.5) is 0 Å². The van der Waals surface area contributed by atoms with E-state index in [0.29, 0.717) is 12.5 Å². The first kappa shape index (κ1) is 12.0. The number of ether oxygens (including phenoxy) is 1. The first-order chi connectivity index (χ1) is 8.36. The molecule has 17 heavy (non-hydrogen) atoms. The van der Waals surface area contributed by atoms with Gasteiger partial charge in [0.25, 0.3) is 0 Å². The van der Waals surface area contributed by atoms with Crippen LogP contribution in [0.2, 0.25) is 0 Å². The number of unbranched alkanes of at least 4 members (excludes halogenated alkanes) is 1. The molecular formula is C14H18N2O. The number of rotatable bonds is 5. The van der Waals surface area contributed by atoms with Gasteiger partial charge in [0.05, 0.1) is 6.61 Å². The summed E-state index contributed by atoms with van der Waals surface area (Å²) in [6.45, 7) is 0.699. The molecule has 2 rings (SSSR count). The van der Waals surface area contributed by atoms with E-state index < -0.39 is 0 Å². The molecule has 2 unspecified atom stereocenters. The van der Waals surface area contributed by atoms with Crippen LogP contribution in [-0.2, 0) is 0 Å². The Balaban J connectivity index is 2.04. The summed E-state index contributed by atoms with van der Waals surface area (Å²) < 4.78 is 5.66. The van der Waals surface area contributed by atoms with Gasteiger partial charge in [-0.3, -0.25) is 11.3 Å². The summed E-state index contributed by atoms with van der Waals surface area (Å²) in [5, 5.41) is 0. The zero-order chi connectivity index (χ0) is 12.1. The molecule has 1 aliphatic heterocycles. The van der Waals surface area contributed by atoms with E-state index in [2.05, 4.69) is 17.4 Å². The zero-order valence-electron chi connectivity index (χ0n) is 9.86. The van der Waals surface area contributed by atoms with Gasteiger partial charge in [-0.1, -0.05) is 18.2 Å². The van der Waals surface area contributed by atoms with Crippen molar-refractivity contribution >= 4 is 0 Å². The van der Waals surface area contributed by atoms with Crippen molar-refractivity contribution in [1.29, 1.82) is 0 Å². The molecule has 1 aliphatic rings. The summed E-state index contributed by atoms with van der Waals surface area (Å²) in [6.07, 6.45) is 8.02. The molecule has 1 aromatic rings. The molecule has 0 radical (unpaired) electrons. The molecule has 1 heterocycles. The number of para-hydroxylation sites is 1. The van der Waals surface area contributed by atoms with Crippen molar-refractivity contribution < 1.29 is 4.74 Å². The van der Waals surface area contributed by atoms with E-state index in [-0.39, 0.29) is 6.04 Å². The highest BCUT2D eigenvalue weighted by Crippen LogP contribution is 2.36. The van der Waals surface area contributed by atoms with E-state index in [1.807, 2.05) is 18.2 Å². The molecule has 90 valence electrons. The van der Waals surface area contributed by atoms with Crippen molar-refractivity contribution in [2.24, 2.45) is 5.84 Å². The Morgan fingerprint density at radius 3 is 3.12 bits per heavy atom. The highest BCUT2D eigenvalue weighted by Gasteiger charge is 2.30. The number of nitrogens with two attached hydrogens (primary N) is 1. The van der Waals surface area contributed by atoms with Crippen LogP contribution in [0.15, 0.2) is 24.3 Å². The van der Waals surface area contributed by atoms with Crippen molar-refractivity contribution in [2.45, 2.75) is 31.2 Å². The van der Waals surface area contributed by atoms with Gasteiger partial charge in [-0.25, -0.2) is 0 Å². The summed E-state index contributed by atoms with van der Waals surface area (Å²) in [5.74, 6) is 9.60. The van der Waals surface area contributed by atoms with Crippen molar-refractivity contribution in [1.82, 2.24) is 5.43 Å². The molecule has 1 aromatic carbocycles. The molecule has 0 saturated carbocycles. The van der Waals surface area contributed by atoms with E-state index in [4.69, 9.17) is 17.0 Å². The minimum absolute atomic E-state index is 0.229. The molecule has 0 bridgehead atoms. The molecule has 0 fully saturated rings. The van der Waals surface area contributed by atoms with Crippen LogP contribution in [0.1, 0.15) is 30.7 Å². The molecule has 0 saturated heterocycles. The van der Waals surface area contributed by atoms with Gasteiger partial charge in [-0.15, -0.1) is 12.3 Å². The van der Waals surface area contributed by atoms with E-state index >= 15 is 0 Å². The average Bonchev–Trinajstić information content (AvgIpc) is 2.79. The Bertz CT molecular complexity index is 411. The van der Waals surface area contributed by atoms with Crippen LogP contribution in [-0.4, -0.2) is 12.6 Å². The van der Waals surface area contributed by atoms with Gasteiger partial charge in [0.1, 0.15) is 5.75 Å². The summed E-state index contributed by atoms with van der Waals surface area (Å²) >= 11 is 0. The molecule has 3 heteroatoms. The Kier molecular flexibility index (Phi) is 4.03. The second-order valence-electron chi connectivity index (χ2n) is 4.32. The minimum atomic E-state index is 0.229. The summed E-state index contributed by atoms with van der Waals surface area (Å²) in [4.78, 5) is 0. The van der Waals surface area contributed by atoms with Gasteiger partial charge in [-0.05, 0) is 18.9 Å². The monoisotopic (exact) mass is 230 g/mol. The van der Waals surface area contributed by atoms with Gasteiger partial charge < -0.3 is 4.74 Å². The third-order valence-electron chi connectivity index (χ3n) is 3.27. The van der Waals surface area contributed by atoms with Crippen LogP contribution >= 0.6 is 0 Å². The van der Waals surface area contributed by atoms with Crippen molar-refractivity contribution in [3.8, 4) is 18.1 Å². The van der Waals surface area contributed by atoms with Gasteiger partial charge in [0.2, 0.25) is 0 Å². The second-order valence-corrected chi connectivity index (χ2v) is 4.32. The fourth-order valence-corrected chi connectivity index (χ4v) is 2.35. The highest BCUT2D eigenvalue weighted by atomic mass is 16.5. The highest BCUT2D eigenvalue weighted by molar-refractivity contribution is 5.40. The minimum Gasteiger partial charge on any atom is -0.493 e. The van der Waals surface area contributed by atoms with Crippen LogP contribution in [0.5, 0.6) is 5.75 Å². The van der Waals surface area contributed by atoms with Gasteiger partial charge >= 0.3 is 0 Å². The predicted octanol–water partition coefficient (Wildman–Crippen LogP) is 1.80. The summed E-state index contributed by atoms with van der Waals surface area (Å²) in [7, 11) is 0. The number of fused-ring (bicyclic) bond motifs is 1. The maximum Gasteiger partial charge on any atom is 0.122 e. The lowest BCUT2D eigenvalue weighted by molar-refractivity contribution is 0.291. The Labute approximate surface area is 102 Å². The smallest absolute Gasteiger partial charge is 0.122 e. The molecule has 3 nitrogen and oxygen atoms in total. The number of hydrazine groups is 1. The van der Waals surface area contributed by atoms with Crippen molar-refractivity contribution in [3.05, 3.63) is 29.8 Å². The zero-order valence-corrected chi connectivity index (χ0v) is 9.86. The third-order valence-corrected chi connectivity index (χ3v) is 3.27. The summed E-state index contributed by atoms with van der Waals surface area (Å²) in [6, 6.07) is 8.37. The Hall–Kier alpha value is -1.50. The predicted molar refractivity (Wildman–Crippen MR) is 68.5 cm³/mol. The van der Waals surface area contributed by atoms with Gasteiger partial charge in [0.15, 0.2) is 0 Å². The number of hydrogen-bond acceptors (Lipinski definition) is 3. The normalized spacial score (nSPS) is 19.2. The van der Waals surface area contributed by atoms with Gasteiger partial charge in [-0.2, -0.15) is 0 Å². The number of hydrogen-bond donors (Lipinski definition) is 2. The lowest BCUT2D eigenvalue weighted by Gasteiger charge is -2.21. The van der Waals surface area contributed by atoms with Gasteiger partial charge in [0, 0.05) is 23.9 Å². The van der Waals surface area contributed by atoms with Crippen molar-refractivity contribution in [2.75, 3.05) is 6.61 Å². The van der Waals surface area contributed by atoms with Crippen LogP contribution in [0.3, 0.4) is 0 Å².